The predicted octanol–water partition coefficient (Wildman–Crippen LogP) is 14.7. The fourth-order valence-corrected chi connectivity index (χ4v) is 6.84. The Bertz CT molecular complexity index is 1960. The van der Waals surface area contributed by atoms with Crippen LogP contribution in [0.3, 0.4) is 0 Å². The third-order valence-corrected chi connectivity index (χ3v) is 10.9. The van der Waals surface area contributed by atoms with Gasteiger partial charge in [-0.05, 0) is 57.9 Å². The minimum absolute atomic E-state index is 0. The topological polar surface area (TPSA) is 89.3 Å². The summed E-state index contributed by atoms with van der Waals surface area (Å²) >= 11 is 35.5. The van der Waals surface area contributed by atoms with Crippen LogP contribution in [0, 0.1) is 0 Å². The Kier molecular flexibility index (Phi) is 15.2. The summed E-state index contributed by atoms with van der Waals surface area (Å²) < 4.78 is 10.9. The van der Waals surface area contributed by atoms with Crippen molar-refractivity contribution in [2.24, 2.45) is 9.98 Å². The van der Waals surface area contributed by atoms with Gasteiger partial charge in [-0.15, -0.1) is 0 Å². The SMILES string of the molecule is CC(C=Nc1c(C(C)C)cccc1C(C)C)=Nc1cc(C(C)(C)C)ccc1C(C)(C)C.[Ni+2].[O-]c1c([O-])c(Cl)c2c(c1Cl)Oc1c(Cl)c(Cl)c(Cl)c(Cl)c1O2. The van der Waals surface area contributed by atoms with Gasteiger partial charge in [-0.2, -0.15) is 0 Å². The van der Waals surface area contributed by atoms with Crippen LogP contribution >= 0.6 is 69.6 Å². The maximum Gasteiger partial charge on any atom is 2.00 e. The number of hydrogen-bond donors (Lipinski definition) is 0. The molecule has 5 rings (SSSR count). The molecule has 0 unspecified atom stereocenters. The van der Waals surface area contributed by atoms with E-state index in [2.05, 4.69) is 106 Å². The van der Waals surface area contributed by atoms with Gasteiger partial charge in [0.05, 0.1) is 37.2 Å². The Morgan fingerprint density at radius 3 is 1.46 bits per heavy atom. The average molecular weight is 898 g/mol. The predicted molar refractivity (Wildman–Crippen MR) is 221 cm³/mol. The summed E-state index contributed by atoms with van der Waals surface area (Å²) in [5.74, 6) is -1.88. The van der Waals surface area contributed by atoms with Gasteiger partial charge in [-0.25, -0.2) is 0 Å². The van der Waals surface area contributed by atoms with Gasteiger partial charge in [0.1, 0.15) is 10.0 Å². The fourth-order valence-electron chi connectivity index (χ4n) is 5.53. The molecule has 0 saturated heterocycles. The molecule has 0 atom stereocenters. The minimum atomic E-state index is -1.03. The van der Waals surface area contributed by atoms with Crippen LogP contribution in [-0.2, 0) is 27.3 Å². The molecule has 1 heterocycles. The molecule has 0 spiro atoms. The Morgan fingerprint density at radius 2 is 1.07 bits per heavy atom. The van der Waals surface area contributed by atoms with Crippen LogP contribution in [0.25, 0.3) is 0 Å². The number of hydrogen-bond acceptors (Lipinski definition) is 6. The summed E-state index contributed by atoms with van der Waals surface area (Å²) in [5, 5.41) is 22.0. The molecule has 0 radical (unpaired) electrons. The van der Waals surface area contributed by atoms with Gasteiger partial charge in [0, 0.05) is 6.21 Å². The molecule has 4 aromatic rings. The summed E-state index contributed by atoms with van der Waals surface area (Å²) in [4.78, 5) is 9.98. The second kappa shape index (κ2) is 17.8. The number of rotatable bonds is 5. The van der Waals surface area contributed by atoms with E-state index < -0.39 is 21.5 Å². The third-order valence-electron chi connectivity index (χ3n) is 8.49. The molecule has 0 aliphatic carbocycles. The van der Waals surface area contributed by atoms with E-state index in [1.807, 2.05) is 13.1 Å². The van der Waals surface area contributed by atoms with Gasteiger partial charge < -0.3 is 19.7 Å². The molecular weight excluding hydrogens is 856 g/mol. The van der Waals surface area contributed by atoms with E-state index in [0.29, 0.717) is 11.8 Å². The van der Waals surface area contributed by atoms with Crippen LogP contribution in [0.2, 0.25) is 30.1 Å². The molecule has 0 saturated carbocycles. The molecule has 0 bridgehead atoms. The van der Waals surface area contributed by atoms with Crippen molar-refractivity contribution in [2.75, 3.05) is 0 Å². The maximum atomic E-state index is 11.7. The molecule has 292 valence electrons. The number of fused-ring (bicyclic) bond motifs is 2. The average Bonchev–Trinajstić information content (AvgIpc) is 3.08. The van der Waals surface area contributed by atoms with Crippen LogP contribution in [-0.4, -0.2) is 11.9 Å². The van der Waals surface area contributed by atoms with Crippen LogP contribution in [0.1, 0.15) is 110 Å². The second-order valence-corrected chi connectivity index (χ2v) is 17.7. The van der Waals surface area contributed by atoms with Gasteiger partial charge >= 0.3 is 16.5 Å². The number of aliphatic imine (C=N–C) groups is 2. The first kappa shape index (κ1) is 46.0. The molecule has 1 aliphatic rings. The van der Waals surface area contributed by atoms with E-state index in [-0.39, 0.29) is 70.4 Å². The number of para-hydroxylation sites is 1. The van der Waals surface area contributed by atoms with Gasteiger partial charge in [0.25, 0.3) is 0 Å². The molecular formula is C41H42Cl6N2NiO4. The quantitative estimate of drug-likeness (QED) is 0.0761. The standard InChI is InChI=1S/C29H42N2.C12H2Cl6O4.Ni/c1-19(2)23-13-12-14-24(20(3)4)27(23)30-18-21(5)31-26-17-22(28(6,7)8)15-16-25(26)29(9,10)11;13-1-2(14)4(16)10-9(3(1)15)21-11-5(17)7(19)8(20)6(18)12(11)22-10;/h12-20H,1-11H3;19-20H;/q;;+2/p-2. The largest absolute Gasteiger partial charge is 2.00 e. The molecule has 1 aliphatic heterocycles. The van der Waals surface area contributed by atoms with E-state index in [0.717, 1.165) is 17.1 Å². The molecule has 0 aromatic heterocycles. The first-order chi connectivity index (χ1) is 24.5. The molecule has 54 heavy (non-hydrogen) atoms. The summed E-state index contributed by atoms with van der Waals surface area (Å²) in [7, 11) is 0. The summed E-state index contributed by atoms with van der Waals surface area (Å²) in [6.07, 6.45) is 1.93. The van der Waals surface area contributed by atoms with Gasteiger partial charge in [-0.1, -0.05) is 181 Å². The summed E-state index contributed by atoms with van der Waals surface area (Å²) in [6, 6.07) is 13.3. The van der Waals surface area contributed by atoms with Crippen LogP contribution in [0.15, 0.2) is 46.4 Å². The monoisotopic (exact) mass is 894 g/mol. The van der Waals surface area contributed by atoms with E-state index in [1.165, 1.54) is 22.3 Å². The van der Waals surface area contributed by atoms with Gasteiger partial charge in [0.15, 0.2) is 23.0 Å². The first-order valence-corrected chi connectivity index (χ1v) is 19.2. The molecule has 13 heteroatoms. The zero-order valence-electron chi connectivity index (χ0n) is 31.8. The van der Waals surface area contributed by atoms with Crippen molar-refractivity contribution < 1.29 is 36.2 Å². The van der Waals surface area contributed by atoms with Crippen molar-refractivity contribution in [3.05, 3.63) is 88.8 Å². The van der Waals surface area contributed by atoms with Crippen LogP contribution in [0.5, 0.6) is 34.5 Å². The number of ether oxygens (including phenoxy) is 2. The zero-order valence-corrected chi connectivity index (χ0v) is 37.3. The van der Waals surface area contributed by atoms with E-state index >= 15 is 0 Å². The van der Waals surface area contributed by atoms with Crippen molar-refractivity contribution in [1.29, 1.82) is 0 Å². The van der Waals surface area contributed by atoms with Crippen molar-refractivity contribution in [2.45, 2.75) is 98.8 Å². The normalized spacial score (nSPS) is 12.8. The molecule has 0 fully saturated rings. The van der Waals surface area contributed by atoms with Crippen LogP contribution < -0.4 is 19.7 Å². The minimum Gasteiger partial charge on any atom is -0.872 e. The Balaban J connectivity index is 0.000000300. The van der Waals surface area contributed by atoms with Crippen molar-refractivity contribution >= 4 is 92.9 Å². The van der Waals surface area contributed by atoms with E-state index in [9.17, 15) is 10.2 Å². The molecule has 6 nitrogen and oxygen atoms in total. The number of halogens is 6. The van der Waals surface area contributed by atoms with Crippen molar-refractivity contribution in [3.8, 4) is 34.5 Å². The Hall–Kier alpha value is -2.35. The van der Waals surface area contributed by atoms with Crippen LogP contribution in [0.4, 0.5) is 11.4 Å². The third kappa shape index (κ3) is 9.78. The first-order valence-electron chi connectivity index (χ1n) is 16.9. The fraction of sp³-hybridized carbons (Fsp3) is 0.366. The van der Waals surface area contributed by atoms with Crippen molar-refractivity contribution in [3.63, 3.8) is 0 Å². The summed E-state index contributed by atoms with van der Waals surface area (Å²) in [5.41, 5.74) is 8.33. The van der Waals surface area contributed by atoms with E-state index in [1.54, 1.807) is 0 Å². The van der Waals surface area contributed by atoms with Gasteiger partial charge in [-0.3, -0.25) is 9.98 Å². The Morgan fingerprint density at radius 1 is 0.648 bits per heavy atom. The smallest absolute Gasteiger partial charge is 0.872 e. The van der Waals surface area contributed by atoms with Crippen molar-refractivity contribution in [1.82, 2.24) is 0 Å². The maximum absolute atomic E-state index is 11.7. The van der Waals surface area contributed by atoms with Gasteiger partial charge in [0.2, 0.25) is 0 Å². The number of benzene rings is 4. The summed E-state index contributed by atoms with van der Waals surface area (Å²) in [6.45, 7) is 24.4. The molecule has 4 aromatic carbocycles. The molecule has 0 N–H and O–H groups in total. The Labute approximate surface area is 358 Å². The number of nitrogens with zero attached hydrogens (tertiary/aromatic N) is 2. The molecule has 0 amide bonds. The zero-order chi connectivity index (χ0) is 39.9. The second-order valence-electron chi connectivity index (χ2n) is 15.4. The van der Waals surface area contributed by atoms with E-state index in [4.69, 9.17) is 89.1 Å².